The Bertz CT molecular complexity index is 383. The van der Waals surface area contributed by atoms with Crippen molar-refractivity contribution < 1.29 is 4.74 Å². The molecule has 0 N–H and O–H groups in total. The van der Waals surface area contributed by atoms with Crippen molar-refractivity contribution in [1.82, 2.24) is 4.57 Å². The first-order valence-corrected chi connectivity index (χ1v) is 4.44. The van der Waals surface area contributed by atoms with Crippen LogP contribution in [0.15, 0.2) is 15.5 Å². The van der Waals surface area contributed by atoms with Crippen molar-refractivity contribution in [1.29, 1.82) is 0 Å². The van der Waals surface area contributed by atoms with Crippen molar-refractivity contribution >= 4 is 15.9 Å². The number of aryl methyl sites for hydroxylation is 1. The number of nitrogens with zero attached hydrogens (tertiary/aromatic N) is 1. The maximum absolute atomic E-state index is 11.5. The normalized spacial score (nSPS) is 14.8. The smallest absolute Gasteiger partial charge is 0.256 e. The van der Waals surface area contributed by atoms with Crippen LogP contribution in [0, 0.1) is 0 Å². The molecule has 0 bridgehead atoms. The van der Waals surface area contributed by atoms with Gasteiger partial charge in [-0.25, -0.2) is 0 Å². The summed E-state index contributed by atoms with van der Waals surface area (Å²) < 4.78 is 7.71. The number of aromatic nitrogens is 1. The van der Waals surface area contributed by atoms with Crippen LogP contribution in [0.4, 0.5) is 0 Å². The molecular formula is C8H8BrNO2. The zero-order chi connectivity index (χ0) is 8.72. The zero-order valence-corrected chi connectivity index (χ0v) is 8.22. The van der Waals surface area contributed by atoms with Crippen LogP contribution in [0.5, 0.6) is 0 Å². The van der Waals surface area contributed by atoms with E-state index in [-0.39, 0.29) is 5.56 Å². The Balaban J connectivity index is 2.78. The largest absolute Gasteiger partial charge is 0.372 e. The van der Waals surface area contributed by atoms with E-state index in [0.29, 0.717) is 13.2 Å². The lowest BCUT2D eigenvalue weighted by Crippen LogP contribution is -2.20. The molecule has 1 aliphatic rings. The minimum atomic E-state index is 0.0469. The standard InChI is InChI=1S/C8H8BrNO2/c1-10-2-7(9)5-3-12-4-6(5)8(10)11/h2H,3-4H2,1H3. The van der Waals surface area contributed by atoms with E-state index in [9.17, 15) is 4.79 Å². The van der Waals surface area contributed by atoms with Crippen LogP contribution >= 0.6 is 15.9 Å². The average Bonchev–Trinajstić information content (AvgIpc) is 2.48. The highest BCUT2D eigenvalue weighted by Gasteiger charge is 2.18. The van der Waals surface area contributed by atoms with Gasteiger partial charge in [0.15, 0.2) is 0 Å². The maximum Gasteiger partial charge on any atom is 0.256 e. The molecule has 4 heteroatoms. The fourth-order valence-corrected chi connectivity index (χ4v) is 2.01. The number of hydrogen-bond acceptors (Lipinski definition) is 2. The minimum Gasteiger partial charge on any atom is -0.372 e. The molecule has 0 saturated heterocycles. The highest BCUT2D eigenvalue weighted by molar-refractivity contribution is 9.10. The summed E-state index contributed by atoms with van der Waals surface area (Å²) in [4.78, 5) is 11.5. The molecule has 3 nitrogen and oxygen atoms in total. The molecule has 0 aliphatic carbocycles. The van der Waals surface area contributed by atoms with Crippen LogP contribution in [0.25, 0.3) is 0 Å². The van der Waals surface area contributed by atoms with Crippen molar-refractivity contribution in [3.05, 3.63) is 32.2 Å². The Morgan fingerprint density at radius 1 is 1.50 bits per heavy atom. The molecular weight excluding hydrogens is 222 g/mol. The van der Waals surface area contributed by atoms with Crippen LogP contribution < -0.4 is 5.56 Å². The summed E-state index contributed by atoms with van der Waals surface area (Å²) in [6, 6.07) is 0. The topological polar surface area (TPSA) is 31.2 Å². The molecule has 12 heavy (non-hydrogen) atoms. The lowest BCUT2D eigenvalue weighted by atomic mass is 10.2. The Morgan fingerprint density at radius 2 is 2.17 bits per heavy atom. The SMILES string of the molecule is Cn1cc(Br)c2c(c1=O)COC2. The van der Waals surface area contributed by atoms with Crippen molar-refractivity contribution in [2.75, 3.05) is 0 Å². The Hall–Kier alpha value is -0.610. The van der Waals surface area contributed by atoms with E-state index >= 15 is 0 Å². The van der Waals surface area contributed by atoms with Crippen molar-refractivity contribution in [3.8, 4) is 0 Å². The summed E-state index contributed by atoms with van der Waals surface area (Å²) in [6.45, 7) is 0.993. The fraction of sp³-hybridized carbons (Fsp3) is 0.375. The first kappa shape index (κ1) is 8.01. The van der Waals surface area contributed by atoms with E-state index < -0.39 is 0 Å². The van der Waals surface area contributed by atoms with Crippen LogP contribution in [-0.4, -0.2) is 4.57 Å². The average molecular weight is 230 g/mol. The molecule has 2 rings (SSSR count). The highest BCUT2D eigenvalue weighted by Crippen LogP contribution is 2.24. The minimum absolute atomic E-state index is 0.0469. The molecule has 1 aromatic heterocycles. The fourth-order valence-electron chi connectivity index (χ4n) is 1.35. The third-order valence-corrected chi connectivity index (χ3v) is 2.71. The number of rotatable bonds is 0. The van der Waals surface area contributed by atoms with Crippen LogP contribution in [-0.2, 0) is 25.0 Å². The van der Waals surface area contributed by atoms with Crippen molar-refractivity contribution in [2.45, 2.75) is 13.2 Å². The first-order chi connectivity index (χ1) is 5.70. The molecule has 0 saturated carbocycles. The molecule has 0 atom stereocenters. The molecule has 0 unspecified atom stereocenters. The third kappa shape index (κ3) is 1.03. The number of pyridine rings is 1. The molecule has 0 spiro atoms. The van der Waals surface area contributed by atoms with Gasteiger partial charge >= 0.3 is 0 Å². The van der Waals surface area contributed by atoms with Gasteiger partial charge in [-0.1, -0.05) is 0 Å². The predicted octanol–water partition coefficient (Wildman–Crippen LogP) is 1.18. The lowest BCUT2D eigenvalue weighted by molar-refractivity contribution is 0.134. The van der Waals surface area contributed by atoms with Gasteiger partial charge in [0.2, 0.25) is 0 Å². The molecule has 0 fully saturated rings. The zero-order valence-electron chi connectivity index (χ0n) is 6.63. The van der Waals surface area contributed by atoms with Gasteiger partial charge in [-0.3, -0.25) is 4.79 Å². The number of ether oxygens (including phenoxy) is 1. The van der Waals surface area contributed by atoms with E-state index in [1.54, 1.807) is 17.8 Å². The van der Waals surface area contributed by atoms with E-state index in [2.05, 4.69) is 15.9 Å². The molecule has 1 aromatic rings. The quantitative estimate of drug-likeness (QED) is 0.670. The predicted molar refractivity (Wildman–Crippen MR) is 47.9 cm³/mol. The van der Waals surface area contributed by atoms with E-state index in [1.807, 2.05) is 0 Å². The molecule has 2 heterocycles. The monoisotopic (exact) mass is 229 g/mol. The van der Waals surface area contributed by atoms with E-state index in [0.717, 1.165) is 15.6 Å². The molecule has 64 valence electrons. The van der Waals surface area contributed by atoms with Crippen LogP contribution in [0.1, 0.15) is 11.1 Å². The Morgan fingerprint density at radius 3 is 2.92 bits per heavy atom. The van der Waals surface area contributed by atoms with Gasteiger partial charge in [0.05, 0.1) is 13.2 Å². The molecule has 0 radical (unpaired) electrons. The van der Waals surface area contributed by atoms with Gasteiger partial charge < -0.3 is 9.30 Å². The van der Waals surface area contributed by atoms with Gasteiger partial charge in [0.25, 0.3) is 5.56 Å². The van der Waals surface area contributed by atoms with Crippen LogP contribution in [0.3, 0.4) is 0 Å². The highest BCUT2D eigenvalue weighted by atomic mass is 79.9. The summed E-state index contributed by atoms with van der Waals surface area (Å²) in [6.07, 6.45) is 1.77. The summed E-state index contributed by atoms with van der Waals surface area (Å²) in [5.41, 5.74) is 1.83. The Labute approximate surface area is 78.1 Å². The second kappa shape index (κ2) is 2.71. The van der Waals surface area contributed by atoms with E-state index in [1.165, 1.54) is 0 Å². The summed E-state index contributed by atoms with van der Waals surface area (Å²) >= 11 is 3.39. The number of fused-ring (bicyclic) bond motifs is 1. The summed E-state index contributed by atoms with van der Waals surface area (Å²) in [5, 5.41) is 0. The molecule has 0 amide bonds. The lowest BCUT2D eigenvalue weighted by Gasteiger charge is -2.02. The van der Waals surface area contributed by atoms with Gasteiger partial charge in [-0.05, 0) is 15.9 Å². The Kier molecular flexibility index (Phi) is 1.81. The van der Waals surface area contributed by atoms with E-state index in [4.69, 9.17) is 4.74 Å². The first-order valence-electron chi connectivity index (χ1n) is 3.65. The number of hydrogen-bond donors (Lipinski definition) is 0. The van der Waals surface area contributed by atoms with Gasteiger partial charge in [-0.15, -0.1) is 0 Å². The van der Waals surface area contributed by atoms with Gasteiger partial charge in [0.1, 0.15) is 0 Å². The van der Waals surface area contributed by atoms with Gasteiger partial charge in [-0.2, -0.15) is 0 Å². The van der Waals surface area contributed by atoms with Crippen molar-refractivity contribution in [2.24, 2.45) is 7.05 Å². The number of halogens is 1. The maximum atomic E-state index is 11.5. The van der Waals surface area contributed by atoms with Crippen molar-refractivity contribution in [3.63, 3.8) is 0 Å². The van der Waals surface area contributed by atoms with Gasteiger partial charge in [0, 0.05) is 28.8 Å². The summed E-state index contributed by atoms with van der Waals surface area (Å²) in [5.74, 6) is 0. The third-order valence-electron chi connectivity index (χ3n) is 2.03. The molecule has 1 aliphatic heterocycles. The second-order valence-electron chi connectivity index (χ2n) is 2.84. The van der Waals surface area contributed by atoms with Crippen LogP contribution in [0.2, 0.25) is 0 Å². The summed E-state index contributed by atoms with van der Waals surface area (Å²) in [7, 11) is 1.74. The second-order valence-corrected chi connectivity index (χ2v) is 3.70. The molecule has 0 aromatic carbocycles.